The van der Waals surface area contributed by atoms with Crippen molar-refractivity contribution in [1.29, 1.82) is 0 Å². The van der Waals surface area contributed by atoms with Gasteiger partial charge in [-0.2, -0.15) is 0 Å². The number of nitrogens with zero attached hydrogens (tertiary/aromatic N) is 2. The molecular weight excluding hydrogens is 400 g/mol. The highest BCUT2D eigenvalue weighted by molar-refractivity contribution is 6.08. The number of amidine groups is 2. The number of rotatable bonds is 7. The van der Waals surface area contributed by atoms with Crippen LogP contribution in [0, 0.1) is 0 Å². The number of nitrogens with one attached hydrogen (secondary N) is 2. The van der Waals surface area contributed by atoms with Crippen molar-refractivity contribution in [2.75, 3.05) is 0 Å². The molecule has 0 aliphatic carbocycles. The fraction of sp³-hybridized carbons (Fsp3) is 0.231. The third-order valence-corrected chi connectivity index (χ3v) is 5.39. The topological polar surface area (TPSA) is 89.2 Å². The molecule has 166 valence electrons. The summed E-state index contributed by atoms with van der Waals surface area (Å²) in [6.45, 7) is 6.21. The Bertz CT molecular complexity index is 1010. The van der Waals surface area contributed by atoms with Crippen LogP contribution in [0.25, 0.3) is 0 Å². The Labute approximate surface area is 189 Å². The highest BCUT2D eigenvalue weighted by atomic mass is 16.5. The minimum atomic E-state index is 0.366. The predicted molar refractivity (Wildman–Crippen MR) is 130 cm³/mol. The highest BCUT2D eigenvalue weighted by Gasteiger charge is 2.22. The van der Waals surface area contributed by atoms with Gasteiger partial charge in [-0.15, -0.1) is 0 Å². The standard InChI is InChI=1S/C26H30N4O2/c1-4-18-17-19(5-2)24(26(30-32)28-21-15-11-8-12-16-21)22(6-3)23(18)25(29-31)27-20-13-9-7-10-14-20/h7-17,31-32H,4-6H2,1-3H3,(H,27,29)(H,28,30). The number of hydrogen-bond acceptors (Lipinski definition) is 4. The summed E-state index contributed by atoms with van der Waals surface area (Å²) in [5, 5.41) is 20.1. The Kier molecular flexibility index (Phi) is 8.14. The number of hydrogen-bond donors (Lipinski definition) is 4. The molecule has 0 unspecified atom stereocenters. The van der Waals surface area contributed by atoms with Gasteiger partial charge >= 0.3 is 0 Å². The Morgan fingerprint density at radius 2 is 1.06 bits per heavy atom. The van der Waals surface area contributed by atoms with Gasteiger partial charge in [-0.25, -0.2) is 9.98 Å². The van der Waals surface area contributed by atoms with Gasteiger partial charge in [0.15, 0.2) is 11.7 Å². The minimum absolute atomic E-state index is 0.366. The minimum Gasteiger partial charge on any atom is -0.290 e. The van der Waals surface area contributed by atoms with E-state index in [2.05, 4.69) is 47.8 Å². The first-order valence-corrected chi connectivity index (χ1v) is 10.9. The third kappa shape index (κ3) is 5.04. The molecule has 0 aliphatic rings. The van der Waals surface area contributed by atoms with Crippen LogP contribution in [0.2, 0.25) is 0 Å². The van der Waals surface area contributed by atoms with E-state index in [4.69, 9.17) is 0 Å². The molecule has 0 heterocycles. The highest BCUT2D eigenvalue weighted by Crippen LogP contribution is 2.28. The maximum absolute atomic E-state index is 10.1. The van der Waals surface area contributed by atoms with E-state index >= 15 is 0 Å². The molecule has 0 spiro atoms. The first-order chi connectivity index (χ1) is 15.7. The molecule has 4 N–H and O–H groups in total. The van der Waals surface area contributed by atoms with E-state index in [9.17, 15) is 10.4 Å². The van der Waals surface area contributed by atoms with Crippen LogP contribution in [0.15, 0.2) is 76.7 Å². The van der Waals surface area contributed by atoms with E-state index in [1.165, 1.54) is 0 Å². The molecular formula is C26H30N4O2. The van der Waals surface area contributed by atoms with Crippen molar-refractivity contribution in [3.8, 4) is 0 Å². The van der Waals surface area contributed by atoms with Crippen LogP contribution in [-0.4, -0.2) is 22.1 Å². The van der Waals surface area contributed by atoms with Crippen molar-refractivity contribution < 1.29 is 10.4 Å². The SMILES string of the molecule is CCc1cc(CC)c(C(=Nc2ccccc2)NO)c(CC)c1C(=Nc1ccccc1)NO. The summed E-state index contributed by atoms with van der Waals surface area (Å²) in [6, 6.07) is 21.1. The van der Waals surface area contributed by atoms with Crippen molar-refractivity contribution in [3.63, 3.8) is 0 Å². The van der Waals surface area contributed by atoms with E-state index in [0.29, 0.717) is 18.1 Å². The maximum Gasteiger partial charge on any atom is 0.158 e. The number of aliphatic imine (C=N–C) groups is 2. The maximum atomic E-state index is 10.1. The molecule has 0 saturated carbocycles. The van der Waals surface area contributed by atoms with Crippen LogP contribution in [0.1, 0.15) is 48.6 Å². The summed E-state index contributed by atoms with van der Waals surface area (Å²) in [5.74, 6) is 0.733. The van der Waals surface area contributed by atoms with Crippen LogP contribution in [-0.2, 0) is 19.3 Å². The lowest BCUT2D eigenvalue weighted by molar-refractivity contribution is 0.234. The van der Waals surface area contributed by atoms with Gasteiger partial charge in [0.05, 0.1) is 11.4 Å². The van der Waals surface area contributed by atoms with Crippen LogP contribution in [0.4, 0.5) is 11.4 Å². The second-order valence-electron chi connectivity index (χ2n) is 7.30. The lowest BCUT2D eigenvalue weighted by Crippen LogP contribution is -2.28. The molecule has 0 radical (unpaired) electrons. The van der Waals surface area contributed by atoms with Gasteiger partial charge in [0.1, 0.15) is 0 Å². The van der Waals surface area contributed by atoms with Crippen molar-refractivity contribution >= 4 is 23.0 Å². The molecule has 0 bridgehead atoms. The fourth-order valence-corrected chi connectivity index (χ4v) is 3.91. The zero-order valence-electron chi connectivity index (χ0n) is 18.8. The van der Waals surface area contributed by atoms with Gasteiger partial charge in [0.2, 0.25) is 0 Å². The predicted octanol–water partition coefficient (Wildman–Crippen LogP) is 5.49. The molecule has 6 heteroatoms. The van der Waals surface area contributed by atoms with E-state index in [0.717, 1.165) is 52.0 Å². The van der Waals surface area contributed by atoms with Crippen LogP contribution in [0.5, 0.6) is 0 Å². The molecule has 3 aromatic carbocycles. The molecule has 3 aromatic rings. The molecule has 0 fully saturated rings. The molecule has 6 nitrogen and oxygen atoms in total. The Hall–Kier alpha value is -3.48. The van der Waals surface area contributed by atoms with Crippen LogP contribution < -0.4 is 11.0 Å². The number of para-hydroxylation sites is 2. The third-order valence-electron chi connectivity index (χ3n) is 5.39. The largest absolute Gasteiger partial charge is 0.290 e. The summed E-state index contributed by atoms with van der Waals surface area (Å²) < 4.78 is 0. The fourth-order valence-electron chi connectivity index (χ4n) is 3.91. The summed E-state index contributed by atoms with van der Waals surface area (Å²) in [7, 11) is 0. The second-order valence-corrected chi connectivity index (χ2v) is 7.30. The average molecular weight is 431 g/mol. The van der Waals surface area contributed by atoms with Crippen molar-refractivity contribution in [2.45, 2.75) is 40.0 Å². The van der Waals surface area contributed by atoms with E-state index in [1.807, 2.05) is 60.7 Å². The molecule has 0 saturated heterocycles. The monoisotopic (exact) mass is 430 g/mol. The zero-order chi connectivity index (χ0) is 22.9. The lowest BCUT2D eigenvalue weighted by Gasteiger charge is -2.22. The number of benzene rings is 3. The molecule has 0 amide bonds. The molecule has 0 aliphatic heterocycles. The number of aryl methyl sites for hydroxylation is 2. The quantitative estimate of drug-likeness (QED) is 0.227. The average Bonchev–Trinajstić information content (AvgIpc) is 2.86. The Balaban J connectivity index is 2.31. The summed E-state index contributed by atoms with van der Waals surface area (Å²) in [5.41, 5.74) is 10.8. The molecule has 0 atom stereocenters. The van der Waals surface area contributed by atoms with Crippen molar-refractivity contribution in [1.82, 2.24) is 11.0 Å². The van der Waals surface area contributed by atoms with Crippen LogP contribution >= 0.6 is 0 Å². The van der Waals surface area contributed by atoms with E-state index in [-0.39, 0.29) is 0 Å². The molecule has 32 heavy (non-hydrogen) atoms. The summed E-state index contributed by atoms with van der Waals surface area (Å²) in [6.07, 6.45) is 2.20. The number of hydroxylamine groups is 2. The molecule has 0 aromatic heterocycles. The Morgan fingerprint density at radius 1 is 0.656 bits per heavy atom. The van der Waals surface area contributed by atoms with Gasteiger partial charge in [-0.05, 0) is 60.2 Å². The molecule has 3 rings (SSSR count). The van der Waals surface area contributed by atoms with E-state index < -0.39 is 0 Å². The van der Waals surface area contributed by atoms with Crippen molar-refractivity contribution in [3.05, 3.63) is 94.5 Å². The van der Waals surface area contributed by atoms with Gasteiger partial charge in [0, 0.05) is 11.1 Å². The smallest absolute Gasteiger partial charge is 0.158 e. The first kappa shape index (κ1) is 23.2. The second kappa shape index (κ2) is 11.2. The first-order valence-electron chi connectivity index (χ1n) is 10.9. The lowest BCUT2D eigenvalue weighted by atomic mass is 9.87. The Morgan fingerprint density at radius 3 is 1.38 bits per heavy atom. The summed E-state index contributed by atoms with van der Waals surface area (Å²) in [4.78, 5) is 9.33. The van der Waals surface area contributed by atoms with Gasteiger partial charge in [-0.1, -0.05) is 63.2 Å². The van der Waals surface area contributed by atoms with Gasteiger partial charge in [-0.3, -0.25) is 21.4 Å². The van der Waals surface area contributed by atoms with E-state index in [1.54, 1.807) is 0 Å². The summed E-state index contributed by atoms with van der Waals surface area (Å²) >= 11 is 0. The van der Waals surface area contributed by atoms with Crippen molar-refractivity contribution in [2.24, 2.45) is 9.98 Å². The van der Waals surface area contributed by atoms with Crippen LogP contribution in [0.3, 0.4) is 0 Å². The van der Waals surface area contributed by atoms with Gasteiger partial charge < -0.3 is 0 Å². The zero-order valence-corrected chi connectivity index (χ0v) is 18.8. The normalized spacial score (nSPS) is 12.0. The van der Waals surface area contributed by atoms with Gasteiger partial charge in [0.25, 0.3) is 0 Å².